The van der Waals surface area contributed by atoms with E-state index < -0.39 is 11.8 Å². The number of anilines is 1. The molecule has 2 N–H and O–H groups in total. The Morgan fingerprint density at radius 3 is 2.86 bits per heavy atom. The summed E-state index contributed by atoms with van der Waals surface area (Å²) in [6.45, 7) is 1.85. The Hall–Kier alpha value is -1.29. The molecule has 0 bridgehead atoms. The quantitative estimate of drug-likeness (QED) is 0.611. The number of carbonyl (C=O) groups excluding carboxylic acids is 1. The van der Waals surface area contributed by atoms with Gasteiger partial charge in [0.2, 0.25) is 0 Å². The van der Waals surface area contributed by atoms with Gasteiger partial charge in [-0.1, -0.05) is 11.6 Å². The number of carbonyl (C=O) groups is 1. The van der Waals surface area contributed by atoms with E-state index in [-0.39, 0.29) is 22.9 Å². The zero-order valence-electron chi connectivity index (χ0n) is 7.51. The fourth-order valence-corrected chi connectivity index (χ4v) is 1.17. The zero-order chi connectivity index (χ0) is 10.7. The third-order valence-electron chi connectivity index (χ3n) is 1.59. The van der Waals surface area contributed by atoms with Gasteiger partial charge >= 0.3 is 5.97 Å². The van der Waals surface area contributed by atoms with Crippen molar-refractivity contribution in [2.75, 3.05) is 12.3 Å². The number of nitrogens with two attached hydrogens (primary N) is 1. The number of rotatable bonds is 2. The molecule has 76 valence electrons. The van der Waals surface area contributed by atoms with Crippen LogP contribution >= 0.6 is 11.6 Å². The summed E-state index contributed by atoms with van der Waals surface area (Å²) in [6.07, 6.45) is 0. The van der Waals surface area contributed by atoms with Crippen molar-refractivity contribution < 1.29 is 13.9 Å². The number of esters is 1. The molecule has 0 fully saturated rings. The van der Waals surface area contributed by atoms with Gasteiger partial charge in [-0.05, 0) is 19.1 Å². The smallest absolute Gasteiger partial charge is 0.340 e. The molecule has 0 radical (unpaired) electrons. The van der Waals surface area contributed by atoms with Crippen LogP contribution in [0.5, 0.6) is 0 Å². The van der Waals surface area contributed by atoms with Gasteiger partial charge in [-0.25, -0.2) is 9.18 Å². The summed E-state index contributed by atoms with van der Waals surface area (Å²) in [7, 11) is 0. The Kier molecular flexibility index (Phi) is 3.30. The van der Waals surface area contributed by atoms with E-state index in [0.717, 1.165) is 12.1 Å². The fraction of sp³-hybridized carbons (Fsp3) is 0.222. The molecule has 0 aliphatic rings. The highest BCUT2D eigenvalue weighted by molar-refractivity contribution is 6.33. The van der Waals surface area contributed by atoms with E-state index in [1.54, 1.807) is 6.92 Å². The van der Waals surface area contributed by atoms with E-state index in [0.29, 0.717) is 0 Å². The molecule has 0 atom stereocenters. The summed E-state index contributed by atoms with van der Waals surface area (Å²) in [5, 5.41) is 0.00746. The largest absolute Gasteiger partial charge is 0.462 e. The number of benzene rings is 1. The van der Waals surface area contributed by atoms with Crippen LogP contribution in [0.1, 0.15) is 17.3 Å². The van der Waals surface area contributed by atoms with Gasteiger partial charge in [0.15, 0.2) is 0 Å². The van der Waals surface area contributed by atoms with Crippen LogP contribution in [0.25, 0.3) is 0 Å². The van der Waals surface area contributed by atoms with Crippen molar-refractivity contribution in [1.29, 1.82) is 0 Å². The van der Waals surface area contributed by atoms with Gasteiger partial charge in [0.1, 0.15) is 5.82 Å². The molecule has 0 saturated heterocycles. The van der Waals surface area contributed by atoms with Crippen molar-refractivity contribution in [2.24, 2.45) is 0 Å². The first-order valence-electron chi connectivity index (χ1n) is 3.98. The van der Waals surface area contributed by atoms with Crippen LogP contribution in [0.15, 0.2) is 12.1 Å². The Morgan fingerprint density at radius 1 is 1.64 bits per heavy atom. The topological polar surface area (TPSA) is 52.3 Å². The second-order valence-corrected chi connectivity index (χ2v) is 2.98. The third kappa shape index (κ3) is 2.14. The maximum absolute atomic E-state index is 12.9. The summed E-state index contributed by atoms with van der Waals surface area (Å²) in [6, 6.07) is 2.04. The molecule has 3 nitrogen and oxygen atoms in total. The maximum Gasteiger partial charge on any atom is 0.340 e. The van der Waals surface area contributed by atoms with Crippen LogP contribution in [0, 0.1) is 5.82 Å². The first-order chi connectivity index (χ1) is 6.56. The predicted octanol–water partition coefficient (Wildman–Crippen LogP) is 2.24. The molecule has 1 rings (SSSR count). The highest BCUT2D eigenvalue weighted by atomic mass is 35.5. The van der Waals surface area contributed by atoms with Gasteiger partial charge in [0.05, 0.1) is 22.9 Å². The number of hydrogen-bond acceptors (Lipinski definition) is 3. The average molecular weight is 218 g/mol. The Balaban J connectivity index is 3.13. The zero-order valence-corrected chi connectivity index (χ0v) is 8.27. The van der Waals surface area contributed by atoms with Crippen LogP contribution in [0.2, 0.25) is 5.02 Å². The molecule has 1 aromatic rings. The van der Waals surface area contributed by atoms with Gasteiger partial charge < -0.3 is 10.5 Å². The second-order valence-electron chi connectivity index (χ2n) is 2.57. The van der Waals surface area contributed by atoms with Crippen LogP contribution < -0.4 is 5.73 Å². The van der Waals surface area contributed by atoms with E-state index in [4.69, 9.17) is 17.3 Å². The van der Waals surface area contributed by atoms with Gasteiger partial charge in [0.25, 0.3) is 0 Å². The SMILES string of the molecule is CCOC(=O)c1cc(F)cc(Cl)c1N. The lowest BCUT2D eigenvalue weighted by molar-refractivity contribution is 0.0527. The fourth-order valence-electron chi connectivity index (χ4n) is 0.962. The molecule has 0 aromatic heterocycles. The van der Waals surface area contributed by atoms with Crippen molar-refractivity contribution in [3.05, 3.63) is 28.5 Å². The minimum Gasteiger partial charge on any atom is -0.462 e. The molecular weight excluding hydrogens is 209 g/mol. The molecule has 14 heavy (non-hydrogen) atoms. The Labute approximate surface area is 85.6 Å². The van der Waals surface area contributed by atoms with Crippen molar-refractivity contribution in [1.82, 2.24) is 0 Å². The van der Waals surface area contributed by atoms with Crippen LogP contribution in [0.3, 0.4) is 0 Å². The minimum absolute atomic E-state index is 0.00746. The molecule has 0 aliphatic carbocycles. The number of halogens is 2. The van der Waals surface area contributed by atoms with Crippen molar-refractivity contribution in [2.45, 2.75) is 6.92 Å². The first kappa shape index (κ1) is 10.8. The van der Waals surface area contributed by atoms with Gasteiger partial charge in [-0.15, -0.1) is 0 Å². The van der Waals surface area contributed by atoms with E-state index in [9.17, 15) is 9.18 Å². The molecule has 0 aliphatic heterocycles. The molecule has 5 heteroatoms. The number of ether oxygens (including phenoxy) is 1. The average Bonchev–Trinajstić information content (AvgIpc) is 2.11. The molecule has 1 aromatic carbocycles. The Bertz CT molecular complexity index is 368. The lowest BCUT2D eigenvalue weighted by atomic mass is 10.2. The van der Waals surface area contributed by atoms with Crippen molar-refractivity contribution in [3.8, 4) is 0 Å². The standard InChI is InChI=1S/C9H9ClFNO2/c1-2-14-9(13)6-3-5(11)4-7(10)8(6)12/h3-4H,2,12H2,1H3. The number of hydrogen-bond donors (Lipinski definition) is 1. The minimum atomic E-state index is -0.675. The van der Waals surface area contributed by atoms with Gasteiger partial charge in [-0.2, -0.15) is 0 Å². The normalized spacial score (nSPS) is 9.93. The first-order valence-corrected chi connectivity index (χ1v) is 4.35. The van der Waals surface area contributed by atoms with E-state index >= 15 is 0 Å². The summed E-state index contributed by atoms with van der Waals surface area (Å²) in [4.78, 5) is 11.2. The van der Waals surface area contributed by atoms with Gasteiger partial charge in [-0.3, -0.25) is 0 Å². The summed E-state index contributed by atoms with van der Waals surface area (Å²) in [5.41, 5.74) is 5.47. The van der Waals surface area contributed by atoms with Crippen LogP contribution in [0.4, 0.5) is 10.1 Å². The molecule has 0 spiro atoms. The molecular formula is C9H9ClFNO2. The monoisotopic (exact) mass is 217 g/mol. The predicted molar refractivity (Wildman–Crippen MR) is 51.8 cm³/mol. The molecule has 0 heterocycles. The van der Waals surface area contributed by atoms with Gasteiger partial charge in [0, 0.05) is 0 Å². The molecule has 0 amide bonds. The van der Waals surface area contributed by atoms with Crippen LogP contribution in [-0.2, 0) is 4.74 Å². The third-order valence-corrected chi connectivity index (χ3v) is 1.90. The highest BCUT2D eigenvalue weighted by Gasteiger charge is 2.14. The lowest BCUT2D eigenvalue weighted by Crippen LogP contribution is -2.08. The maximum atomic E-state index is 12.9. The van der Waals surface area contributed by atoms with Crippen molar-refractivity contribution >= 4 is 23.3 Å². The summed E-state index contributed by atoms with van der Waals surface area (Å²) < 4.78 is 17.5. The van der Waals surface area contributed by atoms with E-state index in [1.807, 2.05) is 0 Å². The molecule has 0 saturated carbocycles. The van der Waals surface area contributed by atoms with E-state index in [2.05, 4.69) is 4.74 Å². The van der Waals surface area contributed by atoms with E-state index in [1.165, 1.54) is 0 Å². The lowest BCUT2D eigenvalue weighted by Gasteiger charge is -2.06. The summed E-state index contributed by atoms with van der Waals surface area (Å²) in [5.74, 6) is -1.29. The van der Waals surface area contributed by atoms with Crippen LogP contribution in [-0.4, -0.2) is 12.6 Å². The Morgan fingerprint density at radius 2 is 2.29 bits per heavy atom. The summed E-state index contributed by atoms with van der Waals surface area (Å²) >= 11 is 5.59. The second kappa shape index (κ2) is 4.28. The number of nitrogen functional groups attached to an aromatic ring is 1. The molecule has 0 unspecified atom stereocenters. The van der Waals surface area contributed by atoms with Crippen molar-refractivity contribution in [3.63, 3.8) is 0 Å². The highest BCUT2D eigenvalue weighted by Crippen LogP contribution is 2.24.